The summed E-state index contributed by atoms with van der Waals surface area (Å²) >= 11 is 3.48. The lowest BCUT2D eigenvalue weighted by molar-refractivity contribution is -0.131. The second-order valence-corrected chi connectivity index (χ2v) is 5.84. The van der Waals surface area contributed by atoms with Gasteiger partial charge in [0.25, 0.3) is 0 Å². The van der Waals surface area contributed by atoms with E-state index in [1.807, 2.05) is 42.2 Å². The van der Waals surface area contributed by atoms with Crippen molar-refractivity contribution in [3.05, 3.63) is 35.9 Å². The largest absolute Gasteiger partial charge is 0.342 e. The first-order valence-corrected chi connectivity index (χ1v) is 7.74. The highest BCUT2D eigenvalue weighted by molar-refractivity contribution is 9.09. The molecule has 18 heavy (non-hydrogen) atoms. The Morgan fingerprint density at radius 1 is 1.44 bits per heavy atom. The fourth-order valence-corrected chi connectivity index (χ4v) is 3.23. The van der Waals surface area contributed by atoms with Gasteiger partial charge in [-0.2, -0.15) is 0 Å². The van der Waals surface area contributed by atoms with Crippen LogP contribution in [0, 0.1) is 5.92 Å². The van der Waals surface area contributed by atoms with Gasteiger partial charge in [-0.15, -0.1) is 0 Å². The van der Waals surface area contributed by atoms with Crippen LogP contribution in [-0.2, 0) is 4.79 Å². The number of amides is 1. The van der Waals surface area contributed by atoms with Crippen molar-refractivity contribution in [2.45, 2.75) is 25.7 Å². The Morgan fingerprint density at radius 3 is 2.83 bits per heavy atom. The smallest absolute Gasteiger partial charge is 0.229 e. The Kier molecular flexibility index (Phi) is 4.81. The molecule has 1 heterocycles. The van der Waals surface area contributed by atoms with E-state index in [-0.39, 0.29) is 11.8 Å². The summed E-state index contributed by atoms with van der Waals surface area (Å²) in [5.41, 5.74) is 1.12. The molecule has 0 N–H and O–H groups in total. The molecule has 2 nitrogen and oxygen atoms in total. The third-order valence-electron chi connectivity index (χ3n) is 3.78. The molecule has 0 radical (unpaired) electrons. The van der Waals surface area contributed by atoms with Crippen molar-refractivity contribution in [1.82, 2.24) is 4.90 Å². The van der Waals surface area contributed by atoms with E-state index in [2.05, 4.69) is 15.9 Å². The Hall–Kier alpha value is -0.830. The summed E-state index contributed by atoms with van der Waals surface area (Å²) < 4.78 is 0. The molecule has 2 unspecified atom stereocenters. The first kappa shape index (κ1) is 13.6. The minimum Gasteiger partial charge on any atom is -0.342 e. The molecule has 0 aromatic heterocycles. The molecular weight excluding hydrogens is 290 g/mol. The number of hydrogen-bond donors (Lipinski definition) is 0. The minimum absolute atomic E-state index is 0.0195. The SMILES string of the molecule is CC(C(=O)N1CCC(CCBr)C1)c1ccccc1. The van der Waals surface area contributed by atoms with Crippen LogP contribution in [0.1, 0.15) is 31.2 Å². The van der Waals surface area contributed by atoms with Crippen LogP contribution in [0.5, 0.6) is 0 Å². The second-order valence-electron chi connectivity index (χ2n) is 5.05. The maximum absolute atomic E-state index is 12.4. The average molecular weight is 310 g/mol. The van der Waals surface area contributed by atoms with Crippen molar-refractivity contribution in [2.75, 3.05) is 18.4 Å². The standard InChI is InChI=1S/C15H20BrNO/c1-12(14-5-3-2-4-6-14)15(18)17-10-8-13(11-17)7-9-16/h2-6,12-13H,7-11H2,1H3. The molecule has 0 saturated carbocycles. The van der Waals surface area contributed by atoms with Crippen molar-refractivity contribution in [2.24, 2.45) is 5.92 Å². The molecule has 0 aliphatic carbocycles. The summed E-state index contributed by atoms with van der Waals surface area (Å²) in [6.45, 7) is 3.87. The lowest BCUT2D eigenvalue weighted by Crippen LogP contribution is -2.32. The predicted molar refractivity (Wildman–Crippen MR) is 78.0 cm³/mol. The molecule has 1 amide bonds. The van der Waals surface area contributed by atoms with Crippen molar-refractivity contribution < 1.29 is 4.79 Å². The van der Waals surface area contributed by atoms with E-state index in [0.717, 1.165) is 30.4 Å². The van der Waals surface area contributed by atoms with Crippen molar-refractivity contribution in [1.29, 1.82) is 0 Å². The fraction of sp³-hybridized carbons (Fsp3) is 0.533. The number of carbonyl (C=O) groups excluding carboxylic acids is 1. The summed E-state index contributed by atoms with van der Waals surface area (Å²) in [5, 5.41) is 1.04. The first-order valence-electron chi connectivity index (χ1n) is 6.62. The van der Waals surface area contributed by atoms with Crippen LogP contribution in [0.2, 0.25) is 0 Å². The normalized spacial score (nSPS) is 21.0. The maximum Gasteiger partial charge on any atom is 0.229 e. The molecule has 1 aliphatic rings. The highest BCUT2D eigenvalue weighted by Gasteiger charge is 2.28. The summed E-state index contributed by atoms with van der Waals surface area (Å²) in [5.74, 6) is 0.934. The van der Waals surface area contributed by atoms with E-state index >= 15 is 0 Å². The second kappa shape index (κ2) is 6.37. The van der Waals surface area contributed by atoms with E-state index in [1.54, 1.807) is 0 Å². The number of benzene rings is 1. The number of hydrogen-bond acceptors (Lipinski definition) is 1. The zero-order chi connectivity index (χ0) is 13.0. The minimum atomic E-state index is -0.0195. The van der Waals surface area contributed by atoms with Crippen molar-refractivity contribution in [3.8, 4) is 0 Å². The molecule has 1 saturated heterocycles. The topological polar surface area (TPSA) is 20.3 Å². The van der Waals surface area contributed by atoms with Gasteiger partial charge in [0.2, 0.25) is 5.91 Å². The Morgan fingerprint density at radius 2 is 2.17 bits per heavy atom. The van der Waals surface area contributed by atoms with Crippen LogP contribution >= 0.6 is 15.9 Å². The molecule has 2 atom stereocenters. The highest BCUT2D eigenvalue weighted by atomic mass is 79.9. The lowest BCUT2D eigenvalue weighted by atomic mass is 10.00. The van der Waals surface area contributed by atoms with Gasteiger partial charge in [0.1, 0.15) is 0 Å². The molecule has 1 aliphatic heterocycles. The summed E-state index contributed by atoms with van der Waals surface area (Å²) in [4.78, 5) is 14.4. The molecule has 1 aromatic rings. The van der Waals surface area contributed by atoms with Gasteiger partial charge in [-0.3, -0.25) is 4.79 Å². The Bertz CT molecular complexity index is 393. The Balaban J connectivity index is 1.96. The summed E-state index contributed by atoms with van der Waals surface area (Å²) in [7, 11) is 0. The number of alkyl halides is 1. The van der Waals surface area contributed by atoms with Gasteiger partial charge in [-0.05, 0) is 31.2 Å². The third kappa shape index (κ3) is 3.14. The van der Waals surface area contributed by atoms with Gasteiger partial charge in [0, 0.05) is 18.4 Å². The maximum atomic E-state index is 12.4. The van der Waals surface area contributed by atoms with Gasteiger partial charge in [0.05, 0.1) is 5.92 Å². The van der Waals surface area contributed by atoms with Crippen LogP contribution in [0.15, 0.2) is 30.3 Å². The molecule has 0 spiro atoms. The zero-order valence-corrected chi connectivity index (χ0v) is 12.4. The summed E-state index contributed by atoms with van der Waals surface area (Å²) in [6, 6.07) is 10.1. The molecule has 98 valence electrons. The quantitative estimate of drug-likeness (QED) is 0.780. The highest BCUT2D eigenvalue weighted by Crippen LogP contribution is 2.25. The molecule has 1 fully saturated rings. The number of likely N-dealkylation sites (tertiary alicyclic amines) is 1. The number of nitrogens with zero attached hydrogens (tertiary/aromatic N) is 1. The average Bonchev–Trinajstić information content (AvgIpc) is 2.87. The number of rotatable bonds is 4. The van der Waals surface area contributed by atoms with Gasteiger partial charge in [-0.25, -0.2) is 0 Å². The van der Waals surface area contributed by atoms with E-state index in [1.165, 1.54) is 6.42 Å². The van der Waals surface area contributed by atoms with Crippen LogP contribution in [0.4, 0.5) is 0 Å². The molecule has 3 heteroatoms. The van der Waals surface area contributed by atoms with Crippen LogP contribution in [0.3, 0.4) is 0 Å². The van der Waals surface area contributed by atoms with Crippen molar-refractivity contribution >= 4 is 21.8 Å². The Labute approximate surface area is 117 Å². The number of carbonyl (C=O) groups is 1. The summed E-state index contributed by atoms with van der Waals surface area (Å²) in [6.07, 6.45) is 2.32. The van der Waals surface area contributed by atoms with Gasteiger partial charge in [0.15, 0.2) is 0 Å². The third-order valence-corrected chi connectivity index (χ3v) is 4.24. The van der Waals surface area contributed by atoms with E-state index in [4.69, 9.17) is 0 Å². The molecule has 1 aromatic carbocycles. The molecular formula is C15H20BrNO. The van der Waals surface area contributed by atoms with E-state index < -0.39 is 0 Å². The lowest BCUT2D eigenvalue weighted by Gasteiger charge is -2.21. The van der Waals surface area contributed by atoms with Gasteiger partial charge in [-0.1, -0.05) is 46.3 Å². The van der Waals surface area contributed by atoms with Crippen molar-refractivity contribution in [3.63, 3.8) is 0 Å². The number of halogens is 1. The van der Waals surface area contributed by atoms with E-state index in [9.17, 15) is 4.79 Å². The molecule has 0 bridgehead atoms. The zero-order valence-electron chi connectivity index (χ0n) is 10.8. The predicted octanol–water partition coefficient (Wildman–Crippen LogP) is 3.42. The van der Waals surface area contributed by atoms with E-state index in [0.29, 0.717) is 5.92 Å². The first-order chi connectivity index (χ1) is 8.72. The van der Waals surface area contributed by atoms with Crippen LogP contribution in [-0.4, -0.2) is 29.2 Å². The molecule has 2 rings (SSSR count). The van der Waals surface area contributed by atoms with Crippen LogP contribution < -0.4 is 0 Å². The monoisotopic (exact) mass is 309 g/mol. The van der Waals surface area contributed by atoms with Gasteiger partial charge < -0.3 is 4.90 Å². The van der Waals surface area contributed by atoms with Crippen LogP contribution in [0.25, 0.3) is 0 Å². The fourth-order valence-electron chi connectivity index (χ4n) is 2.58. The van der Waals surface area contributed by atoms with Gasteiger partial charge >= 0.3 is 0 Å².